The predicted molar refractivity (Wildman–Crippen MR) is 95.3 cm³/mol. The van der Waals surface area contributed by atoms with Crippen LogP contribution in [0.4, 0.5) is 0 Å². The highest BCUT2D eigenvalue weighted by Gasteiger charge is 2.51. The molecule has 1 fully saturated rings. The number of hydrogen-bond acceptors (Lipinski definition) is 2. The van der Waals surface area contributed by atoms with Crippen LogP contribution in [0.5, 0.6) is 0 Å². The quantitative estimate of drug-likeness (QED) is 0.934. The molecule has 0 saturated heterocycles. The van der Waals surface area contributed by atoms with Crippen molar-refractivity contribution in [2.24, 2.45) is 23.5 Å². The molecule has 0 radical (unpaired) electrons. The third-order valence-corrected chi connectivity index (χ3v) is 5.88. The van der Waals surface area contributed by atoms with Crippen LogP contribution in [-0.4, -0.2) is 15.7 Å². The smallest absolute Gasteiger partial charge is 0.223 e. The lowest BCUT2D eigenvalue weighted by molar-refractivity contribution is -0.129. The second kappa shape index (κ2) is 6.42. The van der Waals surface area contributed by atoms with Gasteiger partial charge in [0.15, 0.2) is 0 Å². The standard InChI is InChI=1S/C20H27N3O/c1-14(2)16-10-11-20(3,15-8-5-4-6-9-15)18(17(16)19(21)24)23-13-7-12-22-23/h4-9,12-14,16-18H,10-11H2,1-3H3,(H2,21,24). The van der Waals surface area contributed by atoms with Gasteiger partial charge in [0, 0.05) is 17.8 Å². The van der Waals surface area contributed by atoms with Crippen LogP contribution in [0.3, 0.4) is 0 Å². The average molecular weight is 325 g/mol. The van der Waals surface area contributed by atoms with Crippen LogP contribution in [0, 0.1) is 17.8 Å². The monoisotopic (exact) mass is 325 g/mol. The van der Waals surface area contributed by atoms with Gasteiger partial charge in [0.1, 0.15) is 0 Å². The fraction of sp³-hybridized carbons (Fsp3) is 0.500. The molecule has 3 rings (SSSR count). The third kappa shape index (κ3) is 2.74. The van der Waals surface area contributed by atoms with Crippen LogP contribution in [-0.2, 0) is 10.2 Å². The van der Waals surface area contributed by atoms with Crippen LogP contribution in [0.2, 0.25) is 0 Å². The molecule has 4 heteroatoms. The Balaban J connectivity index is 2.14. The van der Waals surface area contributed by atoms with Gasteiger partial charge in [-0.05, 0) is 36.3 Å². The van der Waals surface area contributed by atoms with Crippen molar-refractivity contribution in [3.63, 3.8) is 0 Å². The van der Waals surface area contributed by atoms with Crippen molar-refractivity contribution >= 4 is 5.91 Å². The number of amides is 1. The molecule has 128 valence electrons. The van der Waals surface area contributed by atoms with E-state index in [9.17, 15) is 4.79 Å². The third-order valence-electron chi connectivity index (χ3n) is 5.88. The minimum absolute atomic E-state index is 0.0615. The first kappa shape index (κ1) is 16.7. The summed E-state index contributed by atoms with van der Waals surface area (Å²) < 4.78 is 1.96. The Bertz CT molecular complexity index is 680. The summed E-state index contributed by atoms with van der Waals surface area (Å²) in [5.74, 6) is 0.272. The second-order valence-corrected chi connectivity index (χ2v) is 7.59. The van der Waals surface area contributed by atoms with Crippen LogP contribution >= 0.6 is 0 Å². The molecule has 4 unspecified atom stereocenters. The van der Waals surface area contributed by atoms with Crippen LogP contribution in [0.25, 0.3) is 0 Å². The molecule has 1 aliphatic rings. The van der Waals surface area contributed by atoms with Gasteiger partial charge in [-0.15, -0.1) is 0 Å². The maximum absolute atomic E-state index is 12.5. The highest BCUT2D eigenvalue weighted by atomic mass is 16.1. The van der Waals surface area contributed by atoms with Crippen molar-refractivity contribution < 1.29 is 4.79 Å². The molecule has 1 aromatic heterocycles. The van der Waals surface area contributed by atoms with Gasteiger partial charge in [-0.2, -0.15) is 5.10 Å². The number of carbonyl (C=O) groups is 1. The molecule has 1 aliphatic carbocycles. The first-order chi connectivity index (χ1) is 11.4. The summed E-state index contributed by atoms with van der Waals surface area (Å²) >= 11 is 0. The number of nitrogens with zero attached hydrogens (tertiary/aromatic N) is 2. The van der Waals surface area contributed by atoms with E-state index in [4.69, 9.17) is 5.73 Å². The van der Waals surface area contributed by atoms with Crippen molar-refractivity contribution in [3.8, 4) is 0 Å². The molecule has 1 aromatic carbocycles. The van der Waals surface area contributed by atoms with Gasteiger partial charge in [0.2, 0.25) is 5.91 Å². The normalized spacial score (nSPS) is 30.4. The summed E-state index contributed by atoms with van der Waals surface area (Å²) in [5, 5.41) is 4.50. The maximum Gasteiger partial charge on any atom is 0.223 e. The minimum atomic E-state index is -0.219. The van der Waals surface area contributed by atoms with E-state index in [1.54, 1.807) is 6.20 Å². The molecular weight excluding hydrogens is 298 g/mol. The van der Waals surface area contributed by atoms with Crippen molar-refractivity contribution in [2.75, 3.05) is 0 Å². The largest absolute Gasteiger partial charge is 0.369 e. The molecule has 0 spiro atoms. The Morgan fingerprint density at radius 2 is 2.00 bits per heavy atom. The molecule has 2 N–H and O–H groups in total. The number of nitrogens with two attached hydrogens (primary N) is 1. The summed E-state index contributed by atoms with van der Waals surface area (Å²) in [6, 6.07) is 12.3. The molecule has 1 saturated carbocycles. The number of rotatable bonds is 4. The summed E-state index contributed by atoms with van der Waals surface area (Å²) in [6.07, 6.45) is 5.77. The van der Waals surface area contributed by atoms with Gasteiger partial charge in [0.05, 0.1) is 12.0 Å². The Morgan fingerprint density at radius 3 is 2.54 bits per heavy atom. The van der Waals surface area contributed by atoms with Crippen molar-refractivity contribution in [2.45, 2.75) is 45.1 Å². The predicted octanol–water partition coefficient (Wildman–Crippen LogP) is 3.55. The highest BCUT2D eigenvalue weighted by molar-refractivity contribution is 5.78. The maximum atomic E-state index is 12.5. The summed E-state index contributed by atoms with van der Waals surface area (Å²) in [6.45, 7) is 6.62. The molecule has 4 nitrogen and oxygen atoms in total. The van der Waals surface area contributed by atoms with E-state index in [0.717, 1.165) is 12.8 Å². The summed E-state index contributed by atoms with van der Waals surface area (Å²) in [4.78, 5) is 12.5. The van der Waals surface area contributed by atoms with E-state index in [2.05, 4.69) is 50.1 Å². The molecule has 0 aliphatic heterocycles. The first-order valence-electron chi connectivity index (χ1n) is 8.79. The number of primary amides is 1. The van der Waals surface area contributed by atoms with Crippen LogP contribution in [0.15, 0.2) is 48.8 Å². The molecule has 1 heterocycles. The Labute approximate surface area is 144 Å². The van der Waals surface area contributed by atoms with E-state index in [1.165, 1.54) is 5.56 Å². The fourth-order valence-corrected chi connectivity index (χ4v) is 4.57. The van der Waals surface area contributed by atoms with Gasteiger partial charge < -0.3 is 5.73 Å². The van der Waals surface area contributed by atoms with Crippen molar-refractivity contribution in [1.29, 1.82) is 0 Å². The van der Waals surface area contributed by atoms with E-state index in [-0.39, 0.29) is 29.2 Å². The zero-order valence-corrected chi connectivity index (χ0v) is 14.7. The molecular formula is C20H27N3O. The van der Waals surface area contributed by atoms with Gasteiger partial charge in [-0.3, -0.25) is 9.48 Å². The minimum Gasteiger partial charge on any atom is -0.369 e. The van der Waals surface area contributed by atoms with Gasteiger partial charge in [-0.1, -0.05) is 51.1 Å². The van der Waals surface area contributed by atoms with Crippen molar-refractivity contribution in [3.05, 3.63) is 54.4 Å². The Morgan fingerprint density at radius 1 is 1.29 bits per heavy atom. The summed E-state index contributed by atoms with van der Waals surface area (Å²) in [5.41, 5.74) is 6.99. The van der Waals surface area contributed by atoms with E-state index in [0.29, 0.717) is 5.92 Å². The molecule has 2 aromatic rings. The van der Waals surface area contributed by atoms with Crippen LogP contribution in [0.1, 0.15) is 45.2 Å². The highest BCUT2D eigenvalue weighted by Crippen LogP contribution is 2.52. The Kier molecular flexibility index (Phi) is 4.48. The van der Waals surface area contributed by atoms with E-state index < -0.39 is 0 Å². The van der Waals surface area contributed by atoms with Crippen molar-refractivity contribution in [1.82, 2.24) is 9.78 Å². The summed E-state index contributed by atoms with van der Waals surface area (Å²) in [7, 11) is 0. The zero-order chi connectivity index (χ0) is 17.3. The number of hydrogen-bond donors (Lipinski definition) is 1. The first-order valence-corrected chi connectivity index (χ1v) is 8.79. The van der Waals surface area contributed by atoms with Crippen LogP contribution < -0.4 is 5.73 Å². The Hall–Kier alpha value is -2.10. The molecule has 0 bridgehead atoms. The van der Waals surface area contributed by atoms with Gasteiger partial charge in [0.25, 0.3) is 0 Å². The lowest BCUT2D eigenvalue weighted by Gasteiger charge is -2.50. The molecule has 4 atom stereocenters. The zero-order valence-electron chi connectivity index (χ0n) is 14.7. The second-order valence-electron chi connectivity index (χ2n) is 7.59. The fourth-order valence-electron chi connectivity index (χ4n) is 4.57. The average Bonchev–Trinajstić information content (AvgIpc) is 3.08. The lowest BCUT2D eigenvalue weighted by atomic mass is 9.57. The lowest BCUT2D eigenvalue weighted by Crippen LogP contribution is -2.51. The number of carbonyl (C=O) groups excluding carboxylic acids is 1. The SMILES string of the molecule is CC(C)C1CCC(C)(c2ccccc2)C(n2cccn2)C1C(N)=O. The number of aromatic nitrogens is 2. The molecule has 24 heavy (non-hydrogen) atoms. The topological polar surface area (TPSA) is 60.9 Å². The van der Waals surface area contributed by atoms with Gasteiger partial charge >= 0.3 is 0 Å². The molecule has 1 amide bonds. The van der Waals surface area contributed by atoms with E-state index >= 15 is 0 Å². The number of benzene rings is 1. The van der Waals surface area contributed by atoms with Gasteiger partial charge in [-0.25, -0.2) is 0 Å². The van der Waals surface area contributed by atoms with E-state index in [1.807, 2.05) is 23.0 Å².